The van der Waals surface area contributed by atoms with Gasteiger partial charge in [0.15, 0.2) is 11.6 Å². The number of nitrogens with zero attached hydrogens (tertiary/aromatic N) is 2. The van der Waals surface area contributed by atoms with E-state index in [1.165, 1.54) is 6.20 Å². The van der Waals surface area contributed by atoms with Crippen LogP contribution in [-0.4, -0.2) is 26.5 Å². The van der Waals surface area contributed by atoms with Crippen molar-refractivity contribution in [3.05, 3.63) is 68.5 Å². The van der Waals surface area contributed by atoms with Crippen molar-refractivity contribution in [2.45, 2.75) is 25.9 Å². The fourth-order valence-electron chi connectivity index (χ4n) is 3.86. The lowest BCUT2D eigenvalue weighted by molar-refractivity contribution is 0.101. The van der Waals surface area contributed by atoms with Crippen LogP contribution >= 0.6 is 34.8 Å². The van der Waals surface area contributed by atoms with Gasteiger partial charge in [0.2, 0.25) is 5.95 Å². The van der Waals surface area contributed by atoms with E-state index in [1.54, 1.807) is 24.3 Å². The molecule has 11 heteroatoms. The molecule has 1 aliphatic rings. The Morgan fingerprint density at radius 2 is 1.94 bits per heavy atom. The van der Waals surface area contributed by atoms with Crippen molar-refractivity contribution in [1.29, 1.82) is 0 Å². The van der Waals surface area contributed by atoms with Gasteiger partial charge in [-0.3, -0.25) is 4.79 Å². The molecular formula is C23H17Cl3FN5O2. The molecular weight excluding hydrogens is 504 g/mol. The molecule has 0 fully saturated rings. The molecule has 0 saturated heterocycles. The second-order valence-electron chi connectivity index (χ2n) is 8.41. The lowest BCUT2D eigenvalue weighted by atomic mass is 9.99. The molecule has 3 N–H and O–H groups in total. The Labute approximate surface area is 208 Å². The van der Waals surface area contributed by atoms with Crippen LogP contribution in [0.3, 0.4) is 0 Å². The van der Waals surface area contributed by atoms with Gasteiger partial charge in [-0.2, -0.15) is 0 Å². The molecule has 1 amide bonds. The number of hydrogen-bond donors (Lipinski definition) is 3. The molecule has 0 aliphatic carbocycles. The number of anilines is 3. The third-order valence-corrected chi connectivity index (χ3v) is 6.13. The summed E-state index contributed by atoms with van der Waals surface area (Å²) in [5, 5.41) is 6.57. The number of imidazole rings is 1. The number of fused-ring (bicyclic) bond motifs is 3. The molecule has 0 spiro atoms. The van der Waals surface area contributed by atoms with Crippen molar-refractivity contribution in [3.8, 4) is 5.75 Å². The van der Waals surface area contributed by atoms with Gasteiger partial charge < -0.3 is 20.4 Å². The summed E-state index contributed by atoms with van der Waals surface area (Å²) in [5.41, 5.74) is 2.13. The highest BCUT2D eigenvalue weighted by Gasteiger charge is 2.36. The van der Waals surface area contributed by atoms with Crippen LogP contribution in [0.25, 0.3) is 11.0 Å². The molecule has 1 aliphatic heterocycles. The highest BCUT2D eigenvalue weighted by molar-refractivity contribution is 6.39. The number of benzene rings is 2. The maximum absolute atomic E-state index is 14.2. The number of amides is 1. The molecule has 174 valence electrons. The first kappa shape index (κ1) is 22.7. The molecule has 0 radical (unpaired) electrons. The zero-order chi connectivity index (χ0) is 24.2. The summed E-state index contributed by atoms with van der Waals surface area (Å²) in [7, 11) is 0. The van der Waals surface area contributed by atoms with Crippen LogP contribution in [0.5, 0.6) is 5.75 Å². The summed E-state index contributed by atoms with van der Waals surface area (Å²) in [5.74, 6) is -0.786. The fourth-order valence-corrected chi connectivity index (χ4v) is 4.50. The minimum absolute atomic E-state index is 0.124. The number of aromatic amines is 1. The molecule has 4 aromatic rings. The van der Waals surface area contributed by atoms with Crippen molar-refractivity contribution in [3.63, 3.8) is 0 Å². The number of halogens is 4. The average molecular weight is 521 g/mol. The van der Waals surface area contributed by atoms with Crippen LogP contribution < -0.4 is 15.4 Å². The molecule has 7 nitrogen and oxygen atoms in total. The SMILES string of the molecule is CC1(C)Cc2c(c(C(=O)Nc3ncc(Cl)cc3F)cc3[nH]c(Nc4c(Cl)cccc4Cl)nc23)O1. The number of rotatable bonds is 4. The maximum Gasteiger partial charge on any atom is 0.260 e. The number of carbonyl (C=O) groups is 1. The first-order valence-electron chi connectivity index (χ1n) is 10.2. The zero-order valence-electron chi connectivity index (χ0n) is 17.9. The Morgan fingerprint density at radius 1 is 1.21 bits per heavy atom. The topological polar surface area (TPSA) is 91.9 Å². The summed E-state index contributed by atoms with van der Waals surface area (Å²) < 4.78 is 20.3. The van der Waals surface area contributed by atoms with Gasteiger partial charge in [-0.25, -0.2) is 14.4 Å². The van der Waals surface area contributed by atoms with Gasteiger partial charge in [-0.15, -0.1) is 0 Å². The molecule has 0 saturated carbocycles. The van der Waals surface area contributed by atoms with Gasteiger partial charge in [-0.1, -0.05) is 40.9 Å². The second kappa shape index (κ2) is 8.30. The first-order valence-corrected chi connectivity index (χ1v) is 11.3. The van der Waals surface area contributed by atoms with Crippen LogP contribution in [0.15, 0.2) is 36.5 Å². The molecule has 5 rings (SSSR count). The third-order valence-electron chi connectivity index (χ3n) is 5.30. The van der Waals surface area contributed by atoms with Crippen molar-refractivity contribution >= 4 is 69.2 Å². The predicted molar refractivity (Wildman–Crippen MR) is 131 cm³/mol. The van der Waals surface area contributed by atoms with Gasteiger partial charge in [0.25, 0.3) is 5.91 Å². The highest BCUT2D eigenvalue weighted by Crippen LogP contribution is 2.43. The Bertz CT molecular complexity index is 1450. The predicted octanol–water partition coefficient (Wildman–Crippen LogP) is 6.77. The lowest BCUT2D eigenvalue weighted by Gasteiger charge is -2.18. The smallest absolute Gasteiger partial charge is 0.260 e. The van der Waals surface area contributed by atoms with Gasteiger partial charge in [0.1, 0.15) is 11.4 Å². The van der Waals surface area contributed by atoms with Crippen molar-refractivity contribution in [1.82, 2.24) is 15.0 Å². The minimum Gasteiger partial charge on any atom is -0.486 e. The minimum atomic E-state index is -0.746. The number of nitrogens with one attached hydrogen (secondary N) is 3. The van der Waals surface area contributed by atoms with Crippen LogP contribution in [0, 0.1) is 5.82 Å². The fraction of sp³-hybridized carbons (Fsp3) is 0.174. The molecule has 34 heavy (non-hydrogen) atoms. The van der Waals surface area contributed by atoms with E-state index in [4.69, 9.17) is 39.5 Å². The van der Waals surface area contributed by atoms with Crippen LogP contribution in [0.4, 0.5) is 21.8 Å². The Balaban J connectivity index is 1.57. The van der Waals surface area contributed by atoms with Crippen molar-refractivity contribution in [2.75, 3.05) is 10.6 Å². The normalized spacial score (nSPS) is 14.1. The van der Waals surface area contributed by atoms with Crippen molar-refractivity contribution < 1.29 is 13.9 Å². The number of para-hydroxylation sites is 1. The summed E-state index contributed by atoms with van der Waals surface area (Å²) >= 11 is 18.3. The largest absolute Gasteiger partial charge is 0.486 e. The Morgan fingerprint density at radius 3 is 2.65 bits per heavy atom. The summed E-state index contributed by atoms with van der Waals surface area (Å²) in [6.45, 7) is 3.83. The number of ether oxygens (including phenoxy) is 1. The van der Waals surface area contributed by atoms with Gasteiger partial charge >= 0.3 is 0 Å². The Hall–Kier alpha value is -3.07. The molecule has 3 heterocycles. The van der Waals surface area contributed by atoms with Crippen LogP contribution in [0.2, 0.25) is 15.1 Å². The summed E-state index contributed by atoms with van der Waals surface area (Å²) in [4.78, 5) is 24.8. The summed E-state index contributed by atoms with van der Waals surface area (Å²) in [6, 6.07) is 7.83. The third kappa shape index (κ3) is 4.13. The summed E-state index contributed by atoms with van der Waals surface area (Å²) in [6.07, 6.45) is 1.77. The number of carbonyl (C=O) groups excluding carboxylic acids is 1. The molecule has 2 aromatic heterocycles. The molecule has 2 aromatic carbocycles. The monoisotopic (exact) mass is 519 g/mol. The van der Waals surface area contributed by atoms with Crippen LogP contribution in [0.1, 0.15) is 29.8 Å². The van der Waals surface area contributed by atoms with Gasteiger partial charge in [0.05, 0.1) is 37.4 Å². The van der Waals surface area contributed by atoms with Crippen LogP contribution in [-0.2, 0) is 6.42 Å². The maximum atomic E-state index is 14.2. The van der Waals surface area contributed by atoms with E-state index in [2.05, 4.69) is 25.6 Å². The molecule has 0 bridgehead atoms. The van der Waals surface area contributed by atoms with E-state index in [9.17, 15) is 9.18 Å². The van der Waals surface area contributed by atoms with E-state index in [-0.39, 0.29) is 16.4 Å². The van der Waals surface area contributed by atoms with Gasteiger partial charge in [0, 0.05) is 18.2 Å². The van der Waals surface area contributed by atoms with Gasteiger partial charge in [-0.05, 0) is 38.1 Å². The van der Waals surface area contributed by atoms with E-state index in [1.807, 2.05) is 13.8 Å². The lowest BCUT2D eigenvalue weighted by Crippen LogP contribution is -2.25. The number of H-pyrrole nitrogens is 1. The van der Waals surface area contributed by atoms with Crippen molar-refractivity contribution in [2.24, 2.45) is 0 Å². The van der Waals surface area contributed by atoms with E-state index >= 15 is 0 Å². The quantitative estimate of drug-likeness (QED) is 0.276. The van der Waals surface area contributed by atoms with E-state index in [0.29, 0.717) is 44.9 Å². The first-order chi connectivity index (χ1) is 16.1. The van der Waals surface area contributed by atoms with E-state index in [0.717, 1.165) is 11.6 Å². The Kier molecular flexibility index (Phi) is 5.55. The number of aromatic nitrogens is 3. The standard InChI is InChI=1S/C23H17Cl3FN5O2/c1-23(2)8-12-17-16(29-22(30-17)31-18-13(25)4-3-5-14(18)26)7-11(19(12)34-23)21(33)32-20-15(27)6-10(24)9-28-20/h3-7,9H,8H2,1-2H3,(H,28,32,33)(H2,29,30,31). The average Bonchev–Trinajstić information content (AvgIpc) is 3.31. The number of pyridine rings is 1. The molecule has 0 atom stereocenters. The highest BCUT2D eigenvalue weighted by atomic mass is 35.5. The van der Waals surface area contributed by atoms with E-state index < -0.39 is 17.3 Å². The molecule has 0 unspecified atom stereocenters. The number of hydrogen-bond acceptors (Lipinski definition) is 5. The second-order valence-corrected chi connectivity index (χ2v) is 9.66. The zero-order valence-corrected chi connectivity index (χ0v) is 20.2.